The predicted molar refractivity (Wildman–Crippen MR) is 485 cm³/mol. The number of likely N-dealkylation sites (N-methyl/N-ethyl adjacent to an activating group) is 1. The van der Waals surface area contributed by atoms with Crippen LogP contribution in [0.3, 0.4) is 0 Å². The number of halogens is 1. The van der Waals surface area contributed by atoms with Gasteiger partial charge in [0.15, 0.2) is 35.4 Å². The van der Waals surface area contributed by atoms with Gasteiger partial charge in [0.25, 0.3) is 0 Å². The number of imide groups is 1. The number of amides is 10. The maximum atomic E-state index is 16.8. The summed E-state index contributed by atoms with van der Waals surface area (Å²) in [5.41, 5.74) is 4.74. The van der Waals surface area contributed by atoms with Crippen LogP contribution in [0.5, 0.6) is 51.7 Å². The lowest BCUT2D eigenvalue weighted by Crippen LogP contribution is -2.64. The Hall–Kier alpha value is -11.1. The Morgan fingerprint density at radius 1 is 0.649 bits per heavy atom. The fourth-order valence-corrected chi connectivity index (χ4v) is 19.8. The van der Waals surface area contributed by atoms with Crippen LogP contribution in [-0.4, -0.2) is 232 Å². The first-order valence-corrected chi connectivity index (χ1v) is 46.1. The second kappa shape index (κ2) is 42.9. The van der Waals surface area contributed by atoms with Gasteiger partial charge in [-0.25, -0.2) is 4.79 Å². The molecule has 39 heteroatoms. The standard InChI is InChI=1S/C95H122ClN13O25/c1-10-20-99-22-24-127-65-19-15-55(38-66(65)128-25-23-100-21-11-2)101-94(126)103-70(113)40-61-87(120)105-75-54-36-67(130-63-17-13-50(27-44(63)5)79(114)77(91(124)102-61)108-86(119)60(98-9)26-43(3)4)83(134-93-84(82(117)81(116)69(42-110)132-93)133-71-41-95(8,97)85(118)46(7)129-71)68(37-54)131-64-18-14-51(35-59(64)96)80(115)78-92(125)107-76(90(123)104-73-52-30-47-29-48(32-52)33-53(73)31-47)58-39-56(111)28-45(6)72(58)57-34-49(12-16-62(57)112)74(88(121)109-78)106-89(75)122/h12-19,27-28,34-39,43,46-48,52-53,60-61,69,71,73-82,84-85,93,98-100,110-112,114-118H,10-11,20-26,29-33,40-42,97H2,1-9H3,(H,102,124)(H,104,123)(H,105,120)(H,106,122)(H,107,125)(H,108,119)(H,109,121)(H2,101,103,113,126)/t46-,47?,48?,52?,53?,60+,61-,69+,71-,73?,74+,75+,76-,77+,78-,79+,80+,81+,82-,84+,85+,93-,95-/m0/s1. The Bertz CT molecular complexity index is 5310. The number of aliphatic hydroxyl groups is 6. The first-order chi connectivity index (χ1) is 64.0. The van der Waals surface area contributed by atoms with Gasteiger partial charge in [0, 0.05) is 48.4 Å². The number of hydrogen-bond donors (Lipinski definition) is 21. The fourth-order valence-electron chi connectivity index (χ4n) is 19.5. The number of carbonyl (C=O) groups excluding carboxylic acids is 9. The fraction of sp³-hybridized carbons (Fsp3) is 0.526. The number of urea groups is 1. The number of aliphatic hydroxyl groups excluding tert-OH is 6. The lowest BCUT2D eigenvalue weighted by Gasteiger charge is -2.54. The monoisotopic (exact) mass is 1880 g/mol. The number of benzene rings is 6. The van der Waals surface area contributed by atoms with E-state index >= 15 is 28.8 Å². The first kappa shape index (κ1) is 98.9. The van der Waals surface area contributed by atoms with Crippen LogP contribution in [0.15, 0.2) is 97.1 Å². The molecule has 4 aliphatic carbocycles. The minimum absolute atomic E-state index is 0.0497. The highest BCUT2D eigenvalue weighted by molar-refractivity contribution is 6.32. The molecule has 0 radical (unpaired) electrons. The minimum Gasteiger partial charge on any atom is -0.508 e. The lowest BCUT2D eigenvalue weighted by molar-refractivity contribution is -0.333. The van der Waals surface area contributed by atoms with E-state index < -0.39 is 204 Å². The molecule has 11 aliphatic rings. The van der Waals surface area contributed by atoms with Crippen molar-refractivity contribution >= 4 is 70.6 Å². The molecule has 4 saturated carbocycles. The van der Waals surface area contributed by atoms with Gasteiger partial charge in [-0.1, -0.05) is 57.5 Å². The van der Waals surface area contributed by atoms with Gasteiger partial charge in [-0.2, -0.15) is 0 Å². The number of fused-ring (bicyclic) bond motifs is 15. The van der Waals surface area contributed by atoms with Crippen LogP contribution >= 0.6 is 11.6 Å². The number of aromatic hydroxyl groups is 2. The van der Waals surface area contributed by atoms with Gasteiger partial charge < -0.3 is 143 Å². The van der Waals surface area contributed by atoms with E-state index in [1.807, 2.05) is 27.7 Å². The smallest absolute Gasteiger partial charge is 0.325 e. The molecular weight excluding hydrogens is 1760 g/mol. The van der Waals surface area contributed by atoms with Gasteiger partial charge >= 0.3 is 6.03 Å². The van der Waals surface area contributed by atoms with Gasteiger partial charge in [0.2, 0.25) is 59.3 Å². The van der Waals surface area contributed by atoms with Crippen LogP contribution in [0.4, 0.5) is 10.5 Å². The lowest BCUT2D eigenvalue weighted by atomic mass is 9.54. The minimum atomic E-state index is -2.37. The second-order valence-electron chi connectivity index (χ2n) is 36.9. The van der Waals surface area contributed by atoms with Crippen LogP contribution in [-0.2, 0) is 52.6 Å². The van der Waals surface area contributed by atoms with Crippen molar-refractivity contribution in [1.29, 1.82) is 0 Å². The average Bonchev–Trinajstić information content (AvgIpc) is 0.757. The Balaban J connectivity index is 0.939. The van der Waals surface area contributed by atoms with Crippen molar-refractivity contribution in [3.63, 3.8) is 0 Å². The highest BCUT2D eigenvalue weighted by Gasteiger charge is 2.53. The van der Waals surface area contributed by atoms with Crippen molar-refractivity contribution in [2.75, 3.05) is 58.4 Å². The van der Waals surface area contributed by atoms with Gasteiger partial charge in [-0.05, 0) is 246 Å². The summed E-state index contributed by atoms with van der Waals surface area (Å²) in [4.78, 5) is 141. The third-order valence-electron chi connectivity index (χ3n) is 26.1. The van der Waals surface area contributed by atoms with Crippen LogP contribution in [0, 0.1) is 43.4 Å². The van der Waals surface area contributed by atoms with Gasteiger partial charge in [0.1, 0.15) is 103 Å². The van der Waals surface area contributed by atoms with E-state index in [0.29, 0.717) is 37.2 Å². The first-order valence-electron chi connectivity index (χ1n) is 45.7. The van der Waals surface area contributed by atoms with E-state index in [2.05, 4.69) is 63.8 Å². The SMILES string of the molecule is CCCNCCOc1ccc(NC(=O)NC(=O)C[C@@H]2NC(=O)[C@H](NC(=O)[C@@H](CC(C)C)NC)[C@H](O)c3ccc(c(C)c3)Oc3cc4cc(c3O[C@@H]3O[C@H](CO)[C@@H](O)[C@H](O)[C@H]3O[C@H]3C[C@](C)(N)[C@H](O)[C@H](C)O3)Oc3ccc(cc3Cl)[C@@H](O)[C@@H]3NC(=O)[C@H](NC(=O)[C@@H]4NC2=O)c2ccc(O)c(c2)-c2c(C)cc(O)cc2[C@@H](C(=O)NC2C4CC5CC(C4)CC2C5)NC3=O)cc1OCCNCCC. The maximum Gasteiger partial charge on any atom is 0.325 e. The highest BCUT2D eigenvalue weighted by Crippen LogP contribution is 2.55. The highest BCUT2D eigenvalue weighted by atomic mass is 35.5. The summed E-state index contributed by atoms with van der Waals surface area (Å²) in [6, 6.07) is 5.39. The Kier molecular flexibility index (Phi) is 31.6. The van der Waals surface area contributed by atoms with Crippen molar-refractivity contribution in [1.82, 2.24) is 58.5 Å². The third-order valence-corrected chi connectivity index (χ3v) is 26.4. The van der Waals surface area contributed by atoms with Gasteiger partial charge in [-0.3, -0.25) is 43.7 Å². The number of carbonyl (C=O) groups is 9. The predicted octanol–water partition coefficient (Wildman–Crippen LogP) is 4.84. The van der Waals surface area contributed by atoms with E-state index in [0.717, 1.165) is 63.6 Å². The van der Waals surface area contributed by atoms with Crippen molar-refractivity contribution < 1.29 is 122 Å². The molecule has 6 fully saturated rings. The number of ether oxygens (including phenoxy) is 8. The van der Waals surface area contributed by atoms with Crippen molar-refractivity contribution in [3.05, 3.63) is 141 Å². The molecule has 6 aromatic rings. The van der Waals surface area contributed by atoms with Crippen LogP contribution in [0.1, 0.15) is 175 Å². The second-order valence-corrected chi connectivity index (χ2v) is 37.3. The summed E-state index contributed by atoms with van der Waals surface area (Å²) >= 11 is 7.36. The molecule has 0 unspecified atom stereocenters. The number of nitrogens with one attached hydrogen (secondary N) is 12. The topological polar surface area (TPSA) is 560 Å². The Morgan fingerprint density at radius 2 is 1.28 bits per heavy atom. The molecule has 6 aromatic carbocycles. The largest absolute Gasteiger partial charge is 0.508 e. The maximum absolute atomic E-state index is 16.8. The van der Waals surface area contributed by atoms with E-state index in [1.54, 1.807) is 13.0 Å². The summed E-state index contributed by atoms with van der Waals surface area (Å²) in [5.74, 6) is -10.9. The Labute approximate surface area is 779 Å². The molecule has 2 saturated heterocycles. The molecule has 18 atom stereocenters. The molecular formula is C95H122ClN13O25. The number of anilines is 1. The number of phenols is 2. The molecule has 17 rings (SSSR count). The van der Waals surface area contributed by atoms with E-state index in [4.69, 9.17) is 55.2 Å². The molecule has 7 heterocycles. The van der Waals surface area contributed by atoms with Crippen LogP contribution < -0.4 is 93.2 Å². The summed E-state index contributed by atoms with van der Waals surface area (Å²) in [6.45, 7) is 15.7. The third kappa shape index (κ3) is 22.5. The van der Waals surface area contributed by atoms with Crippen LogP contribution in [0.2, 0.25) is 5.02 Å². The van der Waals surface area contributed by atoms with Crippen molar-refractivity contribution in [2.24, 2.45) is 35.3 Å². The summed E-state index contributed by atoms with van der Waals surface area (Å²) < 4.78 is 51.8. The molecule has 22 N–H and O–H groups in total. The van der Waals surface area contributed by atoms with E-state index in [9.17, 15) is 55.2 Å². The number of hydrogen-bond acceptors (Lipinski definition) is 29. The molecule has 0 aromatic heterocycles. The normalized spacial score (nSPS) is 29.1. The number of rotatable bonds is 27. The summed E-state index contributed by atoms with van der Waals surface area (Å²) in [7, 11) is 1.50. The van der Waals surface area contributed by atoms with Crippen molar-refractivity contribution in [2.45, 2.75) is 235 Å². The van der Waals surface area contributed by atoms with Gasteiger partial charge in [-0.15, -0.1) is 0 Å². The average molecular weight is 1880 g/mol. The van der Waals surface area contributed by atoms with Crippen LogP contribution in [0.25, 0.3) is 11.1 Å². The number of phenolic OH excluding ortho intramolecular Hbond substituents is 2. The summed E-state index contributed by atoms with van der Waals surface area (Å²) in [5, 5.41) is 129. The zero-order valence-corrected chi connectivity index (χ0v) is 76.8. The number of aryl methyl sites for hydroxylation is 2. The van der Waals surface area contributed by atoms with E-state index in [-0.39, 0.29) is 128 Å². The molecule has 7 aliphatic heterocycles. The quantitative estimate of drug-likeness (QED) is 0.0307. The molecule has 15 bridgehead atoms. The molecule has 724 valence electrons. The number of nitrogens with two attached hydrogens (primary N) is 1. The van der Waals surface area contributed by atoms with Gasteiger partial charge in [0.05, 0.1) is 36.3 Å². The summed E-state index contributed by atoms with van der Waals surface area (Å²) in [6.07, 6.45) is -12.3. The zero-order chi connectivity index (χ0) is 96.0. The molecule has 38 nitrogen and oxygen atoms in total. The van der Waals surface area contributed by atoms with Crippen molar-refractivity contribution in [3.8, 4) is 62.9 Å². The molecule has 10 amide bonds. The zero-order valence-electron chi connectivity index (χ0n) is 76.0. The molecule has 134 heavy (non-hydrogen) atoms. The Morgan fingerprint density at radius 3 is 1.93 bits per heavy atom. The molecule has 0 spiro atoms. The van der Waals surface area contributed by atoms with E-state index in [1.165, 1.54) is 107 Å².